The Labute approximate surface area is 104 Å². The second kappa shape index (κ2) is 4.43. The molecule has 0 aliphatic rings. The molecular formula is C14H12N4. The van der Waals surface area contributed by atoms with Crippen LogP contribution in [0, 0.1) is 0 Å². The highest BCUT2D eigenvalue weighted by atomic mass is 15.3. The summed E-state index contributed by atoms with van der Waals surface area (Å²) in [6.07, 6.45) is 0. The number of nitrogens with two attached hydrogens (primary N) is 1. The normalized spacial score (nSPS) is 10.5. The molecule has 3 N–H and O–H groups in total. The molecule has 0 saturated heterocycles. The molecule has 3 aromatic rings. The zero-order valence-electron chi connectivity index (χ0n) is 9.67. The molecule has 0 atom stereocenters. The van der Waals surface area contributed by atoms with Crippen LogP contribution < -0.4 is 11.3 Å². The van der Waals surface area contributed by atoms with E-state index in [4.69, 9.17) is 5.84 Å². The molecule has 88 valence electrons. The summed E-state index contributed by atoms with van der Waals surface area (Å²) in [6.45, 7) is 0. The molecule has 4 heteroatoms. The van der Waals surface area contributed by atoms with Gasteiger partial charge in [-0.05, 0) is 0 Å². The first-order valence-electron chi connectivity index (χ1n) is 5.67. The van der Waals surface area contributed by atoms with Crippen LogP contribution in [0.1, 0.15) is 0 Å². The molecule has 0 bridgehead atoms. The Morgan fingerprint density at radius 1 is 0.778 bits per heavy atom. The van der Waals surface area contributed by atoms with Gasteiger partial charge in [-0.2, -0.15) is 0 Å². The Bertz CT molecular complexity index is 680. The van der Waals surface area contributed by atoms with Crippen molar-refractivity contribution in [3.05, 3.63) is 54.6 Å². The summed E-state index contributed by atoms with van der Waals surface area (Å²) in [6, 6.07) is 17.9. The minimum Gasteiger partial charge on any atom is -0.306 e. The van der Waals surface area contributed by atoms with Gasteiger partial charge < -0.3 is 5.43 Å². The topological polar surface area (TPSA) is 63.8 Å². The highest BCUT2D eigenvalue weighted by Crippen LogP contribution is 2.28. The quantitative estimate of drug-likeness (QED) is 0.530. The van der Waals surface area contributed by atoms with Gasteiger partial charge in [0.25, 0.3) is 0 Å². The maximum Gasteiger partial charge on any atom is 0.170 e. The summed E-state index contributed by atoms with van der Waals surface area (Å²) in [5, 5.41) is 10.4. The van der Waals surface area contributed by atoms with Crippen LogP contribution in [-0.2, 0) is 0 Å². The van der Waals surface area contributed by atoms with Gasteiger partial charge in [0, 0.05) is 16.3 Å². The van der Waals surface area contributed by atoms with Gasteiger partial charge in [0.2, 0.25) is 0 Å². The predicted molar refractivity (Wildman–Crippen MR) is 72.8 cm³/mol. The third kappa shape index (κ3) is 1.69. The fourth-order valence-electron chi connectivity index (χ4n) is 2.02. The van der Waals surface area contributed by atoms with Gasteiger partial charge in [0.05, 0.1) is 0 Å². The molecular weight excluding hydrogens is 224 g/mol. The Kier molecular flexibility index (Phi) is 2.63. The highest BCUT2D eigenvalue weighted by Gasteiger charge is 2.09. The second-order valence-corrected chi connectivity index (χ2v) is 3.95. The van der Waals surface area contributed by atoms with Crippen LogP contribution in [0.5, 0.6) is 0 Å². The lowest BCUT2D eigenvalue weighted by Crippen LogP contribution is -2.10. The molecule has 0 aliphatic heterocycles. The van der Waals surface area contributed by atoms with Gasteiger partial charge in [-0.3, -0.25) is 0 Å². The van der Waals surface area contributed by atoms with Gasteiger partial charge >= 0.3 is 0 Å². The summed E-state index contributed by atoms with van der Waals surface area (Å²) in [4.78, 5) is 0. The lowest BCUT2D eigenvalue weighted by atomic mass is 10.0. The van der Waals surface area contributed by atoms with E-state index in [0.717, 1.165) is 22.0 Å². The molecule has 0 fully saturated rings. The molecule has 0 radical (unpaired) electrons. The van der Waals surface area contributed by atoms with Crippen molar-refractivity contribution in [3.8, 4) is 11.3 Å². The van der Waals surface area contributed by atoms with Crippen LogP contribution in [0.25, 0.3) is 22.0 Å². The van der Waals surface area contributed by atoms with E-state index in [9.17, 15) is 0 Å². The molecule has 18 heavy (non-hydrogen) atoms. The highest BCUT2D eigenvalue weighted by molar-refractivity contribution is 5.99. The van der Waals surface area contributed by atoms with E-state index in [2.05, 4.69) is 15.6 Å². The summed E-state index contributed by atoms with van der Waals surface area (Å²) in [5.41, 5.74) is 4.49. The molecule has 0 amide bonds. The zero-order chi connectivity index (χ0) is 12.4. The third-order valence-electron chi connectivity index (χ3n) is 2.87. The largest absolute Gasteiger partial charge is 0.306 e. The number of nitrogen functional groups attached to an aromatic ring is 1. The monoisotopic (exact) mass is 236 g/mol. The number of rotatable bonds is 2. The number of nitrogens with zero attached hydrogens (tertiary/aromatic N) is 2. The van der Waals surface area contributed by atoms with Crippen molar-refractivity contribution in [1.29, 1.82) is 0 Å². The van der Waals surface area contributed by atoms with Crippen molar-refractivity contribution in [1.82, 2.24) is 10.2 Å². The first-order valence-corrected chi connectivity index (χ1v) is 5.67. The van der Waals surface area contributed by atoms with Crippen molar-refractivity contribution in [2.45, 2.75) is 0 Å². The lowest BCUT2D eigenvalue weighted by Gasteiger charge is -2.08. The standard InChI is InChI=1S/C14H12N4/c15-16-14-12-9-5-4-8-11(12)13(17-18-14)10-6-2-1-3-7-10/h1-9H,15H2,(H,16,18). The van der Waals surface area contributed by atoms with Gasteiger partial charge in [0.15, 0.2) is 5.82 Å². The molecule has 2 aromatic carbocycles. The molecule has 1 aromatic heterocycles. The minimum absolute atomic E-state index is 0.588. The van der Waals surface area contributed by atoms with E-state index in [-0.39, 0.29) is 0 Å². The Morgan fingerprint density at radius 3 is 2.17 bits per heavy atom. The van der Waals surface area contributed by atoms with E-state index in [1.807, 2.05) is 54.6 Å². The van der Waals surface area contributed by atoms with Gasteiger partial charge in [-0.1, -0.05) is 54.6 Å². The van der Waals surface area contributed by atoms with Crippen molar-refractivity contribution >= 4 is 16.6 Å². The summed E-state index contributed by atoms with van der Waals surface area (Å²) in [7, 11) is 0. The molecule has 0 spiro atoms. The number of hydrogen-bond donors (Lipinski definition) is 2. The maximum atomic E-state index is 5.45. The number of fused-ring (bicyclic) bond motifs is 1. The molecule has 3 rings (SSSR count). The Morgan fingerprint density at radius 2 is 1.44 bits per heavy atom. The molecule has 0 unspecified atom stereocenters. The third-order valence-corrected chi connectivity index (χ3v) is 2.87. The molecule has 0 saturated carbocycles. The summed E-state index contributed by atoms with van der Waals surface area (Å²) < 4.78 is 0. The fourth-order valence-corrected chi connectivity index (χ4v) is 2.02. The van der Waals surface area contributed by atoms with Gasteiger partial charge in [0.1, 0.15) is 5.69 Å². The minimum atomic E-state index is 0.588. The Hall–Kier alpha value is -2.46. The van der Waals surface area contributed by atoms with E-state index in [1.54, 1.807) is 0 Å². The average molecular weight is 236 g/mol. The molecule has 1 heterocycles. The van der Waals surface area contributed by atoms with E-state index < -0.39 is 0 Å². The summed E-state index contributed by atoms with van der Waals surface area (Å²) in [5.74, 6) is 6.04. The van der Waals surface area contributed by atoms with Crippen LogP contribution >= 0.6 is 0 Å². The molecule has 0 aliphatic carbocycles. The zero-order valence-corrected chi connectivity index (χ0v) is 9.67. The van der Waals surface area contributed by atoms with E-state index >= 15 is 0 Å². The van der Waals surface area contributed by atoms with Crippen LogP contribution in [0.4, 0.5) is 5.82 Å². The van der Waals surface area contributed by atoms with Crippen LogP contribution in [-0.4, -0.2) is 10.2 Å². The number of hydrogen-bond acceptors (Lipinski definition) is 4. The SMILES string of the molecule is NNc1nnc(-c2ccccc2)c2ccccc12. The lowest BCUT2D eigenvalue weighted by molar-refractivity contribution is 1.04. The fraction of sp³-hybridized carbons (Fsp3) is 0. The number of anilines is 1. The van der Waals surface area contributed by atoms with Crippen molar-refractivity contribution < 1.29 is 0 Å². The van der Waals surface area contributed by atoms with Crippen molar-refractivity contribution in [3.63, 3.8) is 0 Å². The number of hydrazine groups is 1. The molecule has 4 nitrogen and oxygen atoms in total. The number of nitrogens with one attached hydrogen (secondary N) is 1. The first-order chi connectivity index (χ1) is 8.90. The van der Waals surface area contributed by atoms with Crippen LogP contribution in [0.15, 0.2) is 54.6 Å². The number of benzene rings is 2. The van der Waals surface area contributed by atoms with Gasteiger partial charge in [-0.15, -0.1) is 10.2 Å². The van der Waals surface area contributed by atoms with Crippen LogP contribution in [0.2, 0.25) is 0 Å². The second-order valence-electron chi connectivity index (χ2n) is 3.95. The predicted octanol–water partition coefficient (Wildman–Crippen LogP) is 2.58. The van der Waals surface area contributed by atoms with E-state index in [0.29, 0.717) is 5.82 Å². The Balaban J connectivity index is 2.32. The number of aromatic nitrogens is 2. The average Bonchev–Trinajstić information content (AvgIpc) is 2.47. The van der Waals surface area contributed by atoms with Crippen molar-refractivity contribution in [2.75, 3.05) is 5.43 Å². The van der Waals surface area contributed by atoms with Crippen molar-refractivity contribution in [2.24, 2.45) is 5.84 Å². The first kappa shape index (κ1) is 10.7. The summed E-state index contributed by atoms with van der Waals surface area (Å²) >= 11 is 0. The van der Waals surface area contributed by atoms with Gasteiger partial charge in [-0.25, -0.2) is 5.84 Å². The van der Waals surface area contributed by atoms with E-state index in [1.165, 1.54) is 0 Å². The smallest absolute Gasteiger partial charge is 0.170 e. The van der Waals surface area contributed by atoms with Crippen LogP contribution in [0.3, 0.4) is 0 Å². The maximum absolute atomic E-state index is 5.45.